The van der Waals surface area contributed by atoms with Crippen molar-refractivity contribution in [2.75, 3.05) is 46.0 Å². The molecule has 2 aromatic rings. The van der Waals surface area contributed by atoms with Gasteiger partial charge in [0.05, 0.1) is 19.4 Å². The summed E-state index contributed by atoms with van der Waals surface area (Å²) in [6.07, 6.45) is 7.03. The van der Waals surface area contributed by atoms with Gasteiger partial charge in [-0.25, -0.2) is 0 Å². The van der Waals surface area contributed by atoms with Gasteiger partial charge in [0, 0.05) is 31.7 Å². The van der Waals surface area contributed by atoms with Gasteiger partial charge in [-0.2, -0.15) is 5.10 Å². The van der Waals surface area contributed by atoms with Gasteiger partial charge in [-0.15, -0.1) is 6.42 Å². The van der Waals surface area contributed by atoms with Gasteiger partial charge in [0.15, 0.2) is 5.11 Å². The fourth-order valence-corrected chi connectivity index (χ4v) is 3.16. The van der Waals surface area contributed by atoms with E-state index in [2.05, 4.69) is 26.7 Å². The van der Waals surface area contributed by atoms with Gasteiger partial charge < -0.3 is 14.8 Å². The first-order chi connectivity index (χ1) is 13.8. The number of hydrazone groups is 1. The van der Waals surface area contributed by atoms with Crippen molar-refractivity contribution in [3.05, 3.63) is 42.0 Å². The molecule has 1 heterocycles. The standard InChI is InChI=1S/C21H24N4O2S/c1-2-13-27-20-8-7-17-5-3-4-6-18(17)19(20)16-23-24-21(28)22-9-10-25-11-14-26-15-12-25/h1,3-8,16H,9-15H2,(H2,22,24,28)/b23-16-. The Morgan fingerprint density at radius 2 is 2.11 bits per heavy atom. The van der Waals surface area contributed by atoms with E-state index in [9.17, 15) is 0 Å². The van der Waals surface area contributed by atoms with Gasteiger partial charge in [0.1, 0.15) is 12.4 Å². The van der Waals surface area contributed by atoms with Gasteiger partial charge in [-0.1, -0.05) is 36.3 Å². The summed E-state index contributed by atoms with van der Waals surface area (Å²) in [6, 6.07) is 12.0. The van der Waals surface area contributed by atoms with Crippen molar-refractivity contribution < 1.29 is 9.47 Å². The van der Waals surface area contributed by atoms with E-state index in [1.807, 2.05) is 36.4 Å². The normalized spacial score (nSPS) is 14.7. The van der Waals surface area contributed by atoms with Crippen molar-refractivity contribution in [2.24, 2.45) is 5.10 Å². The summed E-state index contributed by atoms with van der Waals surface area (Å²) in [7, 11) is 0. The molecule has 0 radical (unpaired) electrons. The monoisotopic (exact) mass is 396 g/mol. The summed E-state index contributed by atoms with van der Waals surface area (Å²) in [5.41, 5.74) is 3.73. The second-order valence-electron chi connectivity index (χ2n) is 6.27. The minimum atomic E-state index is 0.202. The second kappa shape index (κ2) is 10.6. The Bertz CT molecular complexity index is 872. The highest BCUT2D eigenvalue weighted by Crippen LogP contribution is 2.26. The molecule has 2 N–H and O–H groups in total. The molecule has 0 aromatic heterocycles. The van der Waals surface area contributed by atoms with Crippen LogP contribution in [-0.2, 0) is 4.74 Å². The number of terminal acetylenes is 1. The van der Waals surface area contributed by atoms with E-state index in [1.54, 1.807) is 6.21 Å². The van der Waals surface area contributed by atoms with Crippen molar-refractivity contribution in [3.63, 3.8) is 0 Å². The average molecular weight is 397 g/mol. The number of nitrogens with one attached hydrogen (secondary N) is 2. The third-order valence-electron chi connectivity index (χ3n) is 4.42. The Hall–Kier alpha value is -2.66. The van der Waals surface area contributed by atoms with Gasteiger partial charge >= 0.3 is 0 Å². The fourth-order valence-electron chi connectivity index (χ4n) is 3.00. The molecule has 0 amide bonds. The molecule has 0 spiro atoms. The number of rotatable bonds is 7. The number of benzene rings is 2. The van der Waals surface area contributed by atoms with Crippen LogP contribution < -0.4 is 15.5 Å². The van der Waals surface area contributed by atoms with Crippen molar-refractivity contribution >= 4 is 34.3 Å². The molecule has 0 aliphatic carbocycles. The first-order valence-corrected chi connectivity index (χ1v) is 9.64. The molecule has 0 bridgehead atoms. The van der Waals surface area contributed by atoms with E-state index in [0.717, 1.165) is 55.7 Å². The number of fused-ring (bicyclic) bond motifs is 1. The Balaban J connectivity index is 1.58. The lowest BCUT2D eigenvalue weighted by Gasteiger charge is -2.26. The Labute approximate surface area is 170 Å². The van der Waals surface area contributed by atoms with Crippen LogP contribution in [0.3, 0.4) is 0 Å². The third kappa shape index (κ3) is 5.67. The maximum atomic E-state index is 5.66. The Morgan fingerprint density at radius 3 is 2.93 bits per heavy atom. The van der Waals surface area contributed by atoms with Crippen LogP contribution >= 0.6 is 12.2 Å². The molecular weight excluding hydrogens is 372 g/mol. The number of ether oxygens (including phenoxy) is 2. The highest BCUT2D eigenvalue weighted by Gasteiger charge is 2.09. The molecule has 1 fully saturated rings. The molecule has 2 aromatic carbocycles. The molecule has 3 rings (SSSR count). The van der Waals surface area contributed by atoms with E-state index in [1.165, 1.54) is 0 Å². The van der Waals surface area contributed by atoms with Crippen LogP contribution in [0.1, 0.15) is 5.56 Å². The second-order valence-corrected chi connectivity index (χ2v) is 6.68. The van der Waals surface area contributed by atoms with Crippen molar-refractivity contribution in [3.8, 4) is 18.1 Å². The summed E-state index contributed by atoms with van der Waals surface area (Å²) >= 11 is 5.30. The molecule has 146 valence electrons. The van der Waals surface area contributed by atoms with Crippen LogP contribution in [-0.4, -0.2) is 62.2 Å². The quantitative estimate of drug-likeness (QED) is 0.323. The van der Waals surface area contributed by atoms with E-state index < -0.39 is 0 Å². The van der Waals surface area contributed by atoms with Crippen LogP contribution in [0.15, 0.2) is 41.5 Å². The largest absolute Gasteiger partial charge is 0.480 e. The molecule has 7 heteroatoms. The molecule has 1 aliphatic rings. The lowest BCUT2D eigenvalue weighted by molar-refractivity contribution is 0.0389. The average Bonchev–Trinajstić information content (AvgIpc) is 2.73. The van der Waals surface area contributed by atoms with E-state index in [0.29, 0.717) is 10.9 Å². The number of thiocarbonyl (C=S) groups is 1. The zero-order chi connectivity index (χ0) is 19.6. The maximum absolute atomic E-state index is 5.66. The lowest BCUT2D eigenvalue weighted by atomic mass is 10.0. The van der Waals surface area contributed by atoms with Gasteiger partial charge in [-0.05, 0) is 29.1 Å². The van der Waals surface area contributed by atoms with Gasteiger partial charge in [0.25, 0.3) is 0 Å². The number of hydrogen-bond acceptors (Lipinski definition) is 5. The predicted octanol–water partition coefficient (Wildman–Crippen LogP) is 1.98. The van der Waals surface area contributed by atoms with Crippen molar-refractivity contribution in [1.82, 2.24) is 15.6 Å². The van der Waals surface area contributed by atoms with Crippen LogP contribution in [0.2, 0.25) is 0 Å². The minimum absolute atomic E-state index is 0.202. The summed E-state index contributed by atoms with van der Waals surface area (Å²) in [5, 5.41) is 10.1. The summed E-state index contributed by atoms with van der Waals surface area (Å²) in [6.45, 7) is 5.38. The van der Waals surface area contributed by atoms with Crippen molar-refractivity contribution in [1.29, 1.82) is 0 Å². The van der Waals surface area contributed by atoms with Crippen LogP contribution in [0.25, 0.3) is 10.8 Å². The van der Waals surface area contributed by atoms with Crippen LogP contribution in [0.4, 0.5) is 0 Å². The first kappa shape index (κ1) is 20.1. The van der Waals surface area contributed by atoms with Crippen molar-refractivity contribution in [2.45, 2.75) is 0 Å². The molecule has 0 saturated carbocycles. The first-order valence-electron chi connectivity index (χ1n) is 9.23. The lowest BCUT2D eigenvalue weighted by Crippen LogP contribution is -2.42. The van der Waals surface area contributed by atoms with Gasteiger partial charge in [0.2, 0.25) is 0 Å². The predicted molar refractivity (Wildman–Crippen MR) is 117 cm³/mol. The van der Waals surface area contributed by atoms with Crippen LogP contribution in [0.5, 0.6) is 5.75 Å². The summed E-state index contributed by atoms with van der Waals surface area (Å²) < 4.78 is 11.0. The molecule has 28 heavy (non-hydrogen) atoms. The third-order valence-corrected chi connectivity index (χ3v) is 4.65. The smallest absolute Gasteiger partial charge is 0.187 e. The molecule has 1 aliphatic heterocycles. The Morgan fingerprint density at radius 1 is 1.29 bits per heavy atom. The summed E-state index contributed by atoms with van der Waals surface area (Å²) in [4.78, 5) is 2.34. The van der Waals surface area contributed by atoms with E-state index >= 15 is 0 Å². The Kier molecular flexibility index (Phi) is 7.62. The molecule has 6 nitrogen and oxygen atoms in total. The fraction of sp³-hybridized carbons (Fsp3) is 0.333. The topological polar surface area (TPSA) is 58.1 Å². The summed E-state index contributed by atoms with van der Waals surface area (Å²) in [5.74, 6) is 3.18. The molecule has 0 atom stereocenters. The minimum Gasteiger partial charge on any atom is -0.480 e. The van der Waals surface area contributed by atoms with Gasteiger partial charge in [-0.3, -0.25) is 10.3 Å². The van der Waals surface area contributed by atoms with Crippen LogP contribution in [0, 0.1) is 12.3 Å². The molecular formula is C21H24N4O2S. The SMILES string of the molecule is C#CCOc1ccc2ccccc2c1/C=N\NC(=S)NCCN1CCOCC1. The molecule has 1 saturated heterocycles. The number of morpholine rings is 1. The van der Waals surface area contributed by atoms with E-state index in [-0.39, 0.29) is 6.61 Å². The number of hydrogen-bond donors (Lipinski definition) is 2. The number of nitrogens with zero attached hydrogens (tertiary/aromatic N) is 2. The maximum Gasteiger partial charge on any atom is 0.187 e. The van der Waals surface area contributed by atoms with E-state index in [4.69, 9.17) is 28.1 Å². The highest BCUT2D eigenvalue weighted by molar-refractivity contribution is 7.80. The zero-order valence-electron chi connectivity index (χ0n) is 15.7. The highest BCUT2D eigenvalue weighted by atomic mass is 32.1. The molecule has 0 unspecified atom stereocenters. The zero-order valence-corrected chi connectivity index (χ0v) is 16.5.